The van der Waals surface area contributed by atoms with Crippen LogP contribution in [-0.2, 0) is 0 Å². The number of aliphatic hydroxyl groups is 1. The van der Waals surface area contributed by atoms with Crippen molar-refractivity contribution >= 4 is 17.0 Å². The Balaban J connectivity index is 1.43. The second-order valence-corrected chi connectivity index (χ2v) is 10.8. The van der Waals surface area contributed by atoms with E-state index in [4.69, 9.17) is 4.98 Å². The van der Waals surface area contributed by atoms with Gasteiger partial charge in [-0.1, -0.05) is 37.6 Å². The fraction of sp³-hybridized carbons (Fsp3) is 0.586. The number of aromatic nitrogens is 3. The standard InChI is InChI=1S/C29H42N6O/c1-4-5-14-30-29-31-19-26-27(20-35(28(26)32-29)24-10-12-25(36)13-11-24)23-8-6-22(7-9-23)21(2)34-17-15-33(3)16-18-34/h6-9,19-21,24-25,36H,4-5,10-18H2,1-3H3,(H,30,31,32)/t21-,24-,25-/m1/s1. The van der Waals surface area contributed by atoms with E-state index >= 15 is 0 Å². The van der Waals surface area contributed by atoms with Crippen LogP contribution in [0.2, 0.25) is 0 Å². The van der Waals surface area contributed by atoms with Gasteiger partial charge in [0.1, 0.15) is 5.65 Å². The van der Waals surface area contributed by atoms with Crippen molar-refractivity contribution in [1.82, 2.24) is 24.3 Å². The third-order valence-electron chi connectivity index (χ3n) is 8.23. The zero-order valence-corrected chi connectivity index (χ0v) is 22.2. The quantitative estimate of drug-likeness (QED) is 0.429. The van der Waals surface area contributed by atoms with Gasteiger partial charge in [0.2, 0.25) is 5.95 Å². The molecule has 36 heavy (non-hydrogen) atoms. The summed E-state index contributed by atoms with van der Waals surface area (Å²) >= 11 is 0. The number of unbranched alkanes of at least 4 members (excludes halogenated alkanes) is 1. The molecule has 3 heterocycles. The second kappa shape index (κ2) is 11.3. The number of rotatable bonds is 8. The number of nitrogens with zero attached hydrogens (tertiary/aromatic N) is 5. The first-order valence-corrected chi connectivity index (χ1v) is 13.9. The molecule has 1 atom stereocenters. The molecule has 0 bridgehead atoms. The molecular formula is C29H42N6O. The molecule has 1 saturated carbocycles. The van der Waals surface area contributed by atoms with Crippen LogP contribution in [0.5, 0.6) is 0 Å². The van der Waals surface area contributed by atoms with Crippen molar-refractivity contribution in [3.05, 3.63) is 42.2 Å². The van der Waals surface area contributed by atoms with E-state index in [1.807, 2.05) is 6.20 Å². The number of hydrogen-bond acceptors (Lipinski definition) is 6. The summed E-state index contributed by atoms with van der Waals surface area (Å²) in [6.45, 7) is 9.91. The first-order valence-electron chi connectivity index (χ1n) is 13.9. The van der Waals surface area contributed by atoms with Crippen LogP contribution >= 0.6 is 0 Å². The maximum absolute atomic E-state index is 10.1. The molecule has 1 aromatic carbocycles. The second-order valence-electron chi connectivity index (χ2n) is 10.8. The van der Waals surface area contributed by atoms with E-state index in [9.17, 15) is 5.11 Å². The summed E-state index contributed by atoms with van der Waals surface area (Å²) in [5, 5.41) is 14.6. The molecule has 5 rings (SSSR count). The van der Waals surface area contributed by atoms with Crippen molar-refractivity contribution in [1.29, 1.82) is 0 Å². The summed E-state index contributed by atoms with van der Waals surface area (Å²) in [7, 11) is 2.21. The van der Waals surface area contributed by atoms with Crippen LogP contribution < -0.4 is 5.32 Å². The van der Waals surface area contributed by atoms with Gasteiger partial charge >= 0.3 is 0 Å². The molecule has 1 aliphatic heterocycles. The topological polar surface area (TPSA) is 69.5 Å². The average Bonchev–Trinajstić information content (AvgIpc) is 3.28. The van der Waals surface area contributed by atoms with Crippen LogP contribution in [0.1, 0.15) is 70.0 Å². The van der Waals surface area contributed by atoms with Gasteiger partial charge in [0, 0.05) is 68.2 Å². The molecule has 1 saturated heterocycles. The summed E-state index contributed by atoms with van der Waals surface area (Å²) < 4.78 is 2.35. The van der Waals surface area contributed by atoms with E-state index < -0.39 is 0 Å². The predicted molar refractivity (Wildman–Crippen MR) is 147 cm³/mol. The first-order chi connectivity index (χ1) is 17.5. The molecule has 0 unspecified atom stereocenters. The highest BCUT2D eigenvalue weighted by molar-refractivity contribution is 5.94. The molecule has 0 radical (unpaired) electrons. The highest BCUT2D eigenvalue weighted by atomic mass is 16.3. The lowest BCUT2D eigenvalue weighted by atomic mass is 9.93. The van der Waals surface area contributed by atoms with Crippen molar-refractivity contribution in [2.45, 2.75) is 70.6 Å². The first kappa shape index (κ1) is 25.2. The molecule has 2 aromatic heterocycles. The van der Waals surface area contributed by atoms with Gasteiger partial charge in [-0.3, -0.25) is 4.90 Å². The fourth-order valence-corrected chi connectivity index (χ4v) is 5.70. The summed E-state index contributed by atoms with van der Waals surface area (Å²) in [4.78, 5) is 14.6. The number of likely N-dealkylation sites (N-methyl/N-ethyl adjacent to an activating group) is 1. The Bertz CT molecular complexity index is 1130. The van der Waals surface area contributed by atoms with E-state index in [1.54, 1.807) is 0 Å². The molecule has 0 spiro atoms. The lowest BCUT2D eigenvalue weighted by molar-refractivity contribution is 0.111. The molecule has 7 heteroatoms. The van der Waals surface area contributed by atoms with Gasteiger partial charge < -0.3 is 19.9 Å². The van der Waals surface area contributed by atoms with Crippen LogP contribution in [0.15, 0.2) is 36.7 Å². The van der Waals surface area contributed by atoms with Crippen molar-refractivity contribution in [3.63, 3.8) is 0 Å². The summed E-state index contributed by atoms with van der Waals surface area (Å²) in [6.07, 6.45) is 10.0. The Kier molecular flexibility index (Phi) is 7.89. The van der Waals surface area contributed by atoms with E-state index in [2.05, 4.69) is 76.0 Å². The number of fused-ring (bicyclic) bond motifs is 1. The van der Waals surface area contributed by atoms with E-state index in [-0.39, 0.29) is 6.10 Å². The normalized spacial score (nSPS) is 22.7. The fourth-order valence-electron chi connectivity index (χ4n) is 5.70. The van der Waals surface area contributed by atoms with Crippen molar-refractivity contribution < 1.29 is 5.11 Å². The molecule has 2 fully saturated rings. The van der Waals surface area contributed by atoms with Gasteiger partial charge in [0.25, 0.3) is 0 Å². The molecule has 194 valence electrons. The molecular weight excluding hydrogens is 448 g/mol. The van der Waals surface area contributed by atoms with Gasteiger partial charge in [-0.25, -0.2) is 4.98 Å². The number of hydrogen-bond donors (Lipinski definition) is 2. The minimum atomic E-state index is -0.168. The molecule has 3 aromatic rings. The van der Waals surface area contributed by atoms with Crippen LogP contribution in [0, 0.1) is 0 Å². The molecule has 0 amide bonds. The Morgan fingerprint density at radius 3 is 2.47 bits per heavy atom. The molecule has 1 aliphatic carbocycles. The van der Waals surface area contributed by atoms with E-state index in [0.717, 1.165) is 82.3 Å². The summed E-state index contributed by atoms with van der Waals surface area (Å²) in [6, 6.07) is 9.89. The molecule has 2 N–H and O–H groups in total. The molecule has 7 nitrogen and oxygen atoms in total. The van der Waals surface area contributed by atoms with Crippen molar-refractivity contribution in [2.24, 2.45) is 0 Å². The minimum absolute atomic E-state index is 0.168. The van der Waals surface area contributed by atoms with Gasteiger partial charge in [0.15, 0.2) is 0 Å². The minimum Gasteiger partial charge on any atom is -0.393 e. The van der Waals surface area contributed by atoms with Gasteiger partial charge in [-0.2, -0.15) is 4.98 Å². The number of piperazine rings is 1. The maximum Gasteiger partial charge on any atom is 0.224 e. The van der Waals surface area contributed by atoms with Gasteiger partial charge in [-0.15, -0.1) is 0 Å². The lowest BCUT2D eigenvalue weighted by Crippen LogP contribution is -2.45. The van der Waals surface area contributed by atoms with Gasteiger partial charge in [0.05, 0.1) is 6.10 Å². The number of anilines is 1. The highest BCUT2D eigenvalue weighted by Crippen LogP contribution is 2.37. The van der Waals surface area contributed by atoms with E-state index in [1.165, 1.54) is 16.7 Å². The van der Waals surface area contributed by atoms with Crippen molar-refractivity contribution in [2.75, 3.05) is 45.1 Å². The monoisotopic (exact) mass is 490 g/mol. The van der Waals surface area contributed by atoms with Crippen LogP contribution in [0.4, 0.5) is 5.95 Å². The summed E-state index contributed by atoms with van der Waals surface area (Å²) in [5.74, 6) is 0.703. The third-order valence-corrected chi connectivity index (χ3v) is 8.23. The average molecular weight is 491 g/mol. The third kappa shape index (κ3) is 5.43. The largest absolute Gasteiger partial charge is 0.393 e. The smallest absolute Gasteiger partial charge is 0.224 e. The SMILES string of the molecule is CCCCNc1ncc2c(-c3ccc([C@@H](C)N4CCN(C)CC4)cc3)cn([C@H]3CC[C@H](O)CC3)c2n1. The maximum atomic E-state index is 10.1. The lowest BCUT2D eigenvalue weighted by Gasteiger charge is -2.36. The number of benzene rings is 1. The number of nitrogens with one attached hydrogen (secondary N) is 1. The van der Waals surface area contributed by atoms with Crippen molar-refractivity contribution in [3.8, 4) is 11.1 Å². The summed E-state index contributed by atoms with van der Waals surface area (Å²) in [5.41, 5.74) is 4.76. The van der Waals surface area contributed by atoms with E-state index in [0.29, 0.717) is 18.0 Å². The highest BCUT2D eigenvalue weighted by Gasteiger charge is 2.25. The zero-order valence-electron chi connectivity index (χ0n) is 22.2. The molecule has 2 aliphatic rings. The zero-order chi connectivity index (χ0) is 25.1. The number of aliphatic hydroxyl groups excluding tert-OH is 1. The van der Waals surface area contributed by atoms with Gasteiger partial charge in [-0.05, 0) is 57.2 Å². The van der Waals surface area contributed by atoms with Crippen LogP contribution in [0.3, 0.4) is 0 Å². The Morgan fingerprint density at radius 2 is 1.78 bits per heavy atom. The Hall–Kier alpha value is -2.48. The van der Waals surface area contributed by atoms with Crippen LogP contribution in [-0.4, -0.2) is 75.3 Å². The Labute approximate surface area is 215 Å². The Morgan fingerprint density at radius 1 is 1.06 bits per heavy atom. The van der Waals surface area contributed by atoms with Crippen LogP contribution in [0.25, 0.3) is 22.2 Å². The predicted octanol–water partition coefficient (Wildman–Crippen LogP) is 5.09.